The van der Waals surface area contributed by atoms with Gasteiger partial charge in [0.15, 0.2) is 5.78 Å². The quantitative estimate of drug-likeness (QED) is 0.390. The number of nitrogens with one attached hydrogen (secondary N) is 1. The van der Waals surface area contributed by atoms with E-state index in [9.17, 15) is 9.59 Å². The molecule has 0 aromatic heterocycles. The minimum atomic E-state index is -0.330. The molecule has 3 heteroatoms. The van der Waals surface area contributed by atoms with Crippen molar-refractivity contribution in [1.29, 1.82) is 0 Å². The summed E-state index contributed by atoms with van der Waals surface area (Å²) < 4.78 is 0. The maximum Gasteiger partial charge on any atom is 0.259 e. The second-order valence-electron chi connectivity index (χ2n) is 5.58. The summed E-state index contributed by atoms with van der Waals surface area (Å²) in [6.07, 6.45) is 9.20. The number of Topliss-reactive ketones (excluding diaryl/α,β-unsaturated/α-hetero) is 1. The molecule has 2 rings (SSSR count). The number of hydrogen-bond acceptors (Lipinski definition) is 2. The van der Waals surface area contributed by atoms with Gasteiger partial charge in [0, 0.05) is 18.0 Å². The first-order valence-electron chi connectivity index (χ1n) is 7.54. The zero-order valence-electron chi connectivity index (χ0n) is 13.0. The predicted octanol–water partition coefficient (Wildman–Crippen LogP) is 3.65. The third-order valence-corrected chi connectivity index (χ3v) is 3.42. The van der Waals surface area contributed by atoms with E-state index in [4.69, 9.17) is 0 Å². The lowest BCUT2D eigenvalue weighted by Crippen LogP contribution is -2.29. The van der Waals surface area contributed by atoms with Gasteiger partial charge in [-0.25, -0.2) is 0 Å². The Hall–Kier alpha value is -2.42. The van der Waals surface area contributed by atoms with E-state index in [1.807, 2.05) is 42.5 Å². The molecular formula is C19H21NO2. The molecule has 0 unspecified atom stereocenters. The maximum atomic E-state index is 12.5. The van der Waals surface area contributed by atoms with E-state index in [0.29, 0.717) is 6.42 Å². The van der Waals surface area contributed by atoms with Crippen molar-refractivity contribution >= 4 is 17.8 Å². The van der Waals surface area contributed by atoms with Crippen LogP contribution in [0.5, 0.6) is 0 Å². The van der Waals surface area contributed by atoms with Crippen LogP contribution in [0.2, 0.25) is 0 Å². The molecule has 114 valence electrons. The second-order valence-corrected chi connectivity index (χ2v) is 5.58. The van der Waals surface area contributed by atoms with Gasteiger partial charge in [0.25, 0.3) is 5.91 Å². The Morgan fingerprint density at radius 1 is 1.14 bits per heavy atom. The Labute approximate surface area is 131 Å². The van der Waals surface area contributed by atoms with E-state index in [0.717, 1.165) is 17.7 Å². The minimum Gasteiger partial charge on any atom is -0.326 e. The van der Waals surface area contributed by atoms with Crippen molar-refractivity contribution in [3.05, 3.63) is 65.4 Å². The second kappa shape index (κ2) is 7.55. The molecule has 1 N–H and O–H groups in total. The van der Waals surface area contributed by atoms with Gasteiger partial charge < -0.3 is 5.32 Å². The fourth-order valence-corrected chi connectivity index (χ4v) is 2.19. The summed E-state index contributed by atoms with van der Waals surface area (Å²) in [6, 6.07) is 9.43. The van der Waals surface area contributed by atoms with Crippen molar-refractivity contribution in [3.63, 3.8) is 0 Å². The van der Waals surface area contributed by atoms with Gasteiger partial charge in [0.1, 0.15) is 0 Å². The topological polar surface area (TPSA) is 46.2 Å². The van der Waals surface area contributed by atoms with Crippen LogP contribution in [-0.2, 0) is 9.59 Å². The van der Waals surface area contributed by atoms with E-state index in [2.05, 4.69) is 11.4 Å². The van der Waals surface area contributed by atoms with Gasteiger partial charge in [0.2, 0.25) is 0 Å². The Bertz CT molecular complexity index is 637. The lowest BCUT2D eigenvalue weighted by molar-refractivity contribution is -0.123. The van der Waals surface area contributed by atoms with Crippen molar-refractivity contribution in [1.82, 2.24) is 5.32 Å². The van der Waals surface area contributed by atoms with Crippen LogP contribution in [-0.4, -0.2) is 11.7 Å². The summed E-state index contributed by atoms with van der Waals surface area (Å²) in [7, 11) is 0. The molecule has 3 nitrogen and oxygen atoms in total. The third kappa shape index (κ3) is 4.29. The molecule has 0 radical (unpaired) electrons. The zero-order chi connectivity index (χ0) is 15.9. The summed E-state index contributed by atoms with van der Waals surface area (Å²) in [5.41, 5.74) is 1.90. The van der Waals surface area contributed by atoms with E-state index in [1.165, 1.54) is 0 Å². The zero-order valence-corrected chi connectivity index (χ0v) is 13.0. The smallest absolute Gasteiger partial charge is 0.259 e. The van der Waals surface area contributed by atoms with Gasteiger partial charge in [-0.05, 0) is 18.1 Å². The first kappa shape index (κ1) is 16.0. The first-order valence-corrected chi connectivity index (χ1v) is 7.54. The van der Waals surface area contributed by atoms with Gasteiger partial charge >= 0.3 is 0 Å². The van der Waals surface area contributed by atoms with Crippen molar-refractivity contribution in [2.24, 2.45) is 5.92 Å². The molecule has 22 heavy (non-hydrogen) atoms. The van der Waals surface area contributed by atoms with Gasteiger partial charge in [-0.15, -0.1) is 0 Å². The highest BCUT2D eigenvalue weighted by molar-refractivity contribution is 6.23. The number of carbonyl (C=O) groups is 2. The number of amides is 1. The first-order chi connectivity index (χ1) is 10.6. The highest BCUT2D eigenvalue weighted by atomic mass is 16.2. The Morgan fingerprint density at radius 2 is 1.86 bits per heavy atom. The molecule has 0 saturated heterocycles. The van der Waals surface area contributed by atoms with Crippen molar-refractivity contribution in [3.8, 4) is 0 Å². The SMILES string of the molecule is CC(C)C(=O)/C(=C/c1ccccc1)C(=O)NC1=CCC=CC1. The van der Waals surface area contributed by atoms with Crippen LogP contribution < -0.4 is 5.32 Å². The minimum absolute atomic E-state index is 0.145. The van der Waals surface area contributed by atoms with Crippen LogP contribution in [0.1, 0.15) is 32.3 Å². The van der Waals surface area contributed by atoms with E-state index < -0.39 is 0 Å². The molecule has 0 saturated carbocycles. The highest BCUT2D eigenvalue weighted by Gasteiger charge is 2.21. The van der Waals surface area contributed by atoms with E-state index in [-0.39, 0.29) is 23.2 Å². The van der Waals surface area contributed by atoms with Crippen LogP contribution in [0.15, 0.2) is 59.8 Å². The van der Waals surface area contributed by atoms with Gasteiger partial charge in [0.05, 0.1) is 5.57 Å². The molecule has 1 aliphatic rings. The summed E-state index contributed by atoms with van der Waals surface area (Å²) in [5.74, 6) is -0.696. The van der Waals surface area contributed by atoms with Crippen LogP contribution in [0.25, 0.3) is 6.08 Å². The molecule has 1 aromatic carbocycles. The summed E-state index contributed by atoms with van der Waals surface area (Å²) in [5, 5.41) is 2.86. The fourth-order valence-electron chi connectivity index (χ4n) is 2.19. The number of rotatable bonds is 5. The Morgan fingerprint density at radius 3 is 2.45 bits per heavy atom. The average Bonchev–Trinajstić information content (AvgIpc) is 2.53. The Kier molecular flexibility index (Phi) is 5.48. The van der Waals surface area contributed by atoms with Crippen molar-refractivity contribution in [2.45, 2.75) is 26.7 Å². The van der Waals surface area contributed by atoms with Crippen LogP contribution in [0.4, 0.5) is 0 Å². The molecule has 0 heterocycles. The predicted molar refractivity (Wildman–Crippen MR) is 88.9 cm³/mol. The number of hydrogen-bond donors (Lipinski definition) is 1. The number of allylic oxidation sites excluding steroid dienone is 3. The maximum absolute atomic E-state index is 12.5. The van der Waals surface area contributed by atoms with Crippen LogP contribution in [0, 0.1) is 5.92 Å². The van der Waals surface area contributed by atoms with E-state index in [1.54, 1.807) is 19.9 Å². The standard InChI is InChI=1S/C19H21NO2/c1-14(2)18(21)17(13-15-9-5-3-6-10-15)19(22)20-16-11-7-4-8-12-16/h3-7,9-10,12-14H,8,11H2,1-2H3,(H,20,22)/b17-13-. The normalized spacial score (nSPS) is 14.7. The molecule has 0 fully saturated rings. The van der Waals surface area contributed by atoms with E-state index >= 15 is 0 Å². The van der Waals surface area contributed by atoms with Crippen LogP contribution >= 0.6 is 0 Å². The highest BCUT2D eigenvalue weighted by Crippen LogP contribution is 2.14. The molecular weight excluding hydrogens is 274 g/mol. The van der Waals surface area contributed by atoms with Gasteiger partial charge in [-0.2, -0.15) is 0 Å². The van der Waals surface area contributed by atoms with Gasteiger partial charge in [-0.1, -0.05) is 62.4 Å². The fraction of sp³-hybridized carbons (Fsp3) is 0.263. The average molecular weight is 295 g/mol. The van der Waals surface area contributed by atoms with Crippen molar-refractivity contribution < 1.29 is 9.59 Å². The molecule has 1 aromatic rings. The number of carbonyl (C=O) groups excluding carboxylic acids is 2. The largest absolute Gasteiger partial charge is 0.326 e. The summed E-state index contributed by atoms with van der Waals surface area (Å²) in [4.78, 5) is 24.9. The molecule has 0 spiro atoms. The molecule has 0 aliphatic heterocycles. The molecule has 1 amide bonds. The number of benzene rings is 1. The lowest BCUT2D eigenvalue weighted by Gasteiger charge is -2.13. The Balaban J connectivity index is 2.24. The molecule has 0 atom stereocenters. The van der Waals surface area contributed by atoms with Crippen molar-refractivity contribution in [2.75, 3.05) is 0 Å². The number of ketones is 1. The van der Waals surface area contributed by atoms with Crippen LogP contribution in [0.3, 0.4) is 0 Å². The summed E-state index contributed by atoms with van der Waals surface area (Å²) >= 11 is 0. The lowest BCUT2D eigenvalue weighted by atomic mass is 9.98. The molecule has 1 aliphatic carbocycles. The third-order valence-electron chi connectivity index (χ3n) is 3.42. The molecule has 0 bridgehead atoms. The summed E-state index contributed by atoms with van der Waals surface area (Å²) in [6.45, 7) is 3.61. The van der Waals surface area contributed by atoms with Gasteiger partial charge in [-0.3, -0.25) is 9.59 Å². The monoisotopic (exact) mass is 295 g/mol.